The van der Waals surface area contributed by atoms with Crippen molar-refractivity contribution in [1.29, 1.82) is 0 Å². The molecule has 3 rings (SSSR count). The number of fused-ring (bicyclic) bond motifs is 1. The summed E-state index contributed by atoms with van der Waals surface area (Å²) in [4.78, 5) is 38.7. The Kier molecular flexibility index (Phi) is 6.74. The number of hydrogen-bond donors (Lipinski definition) is 1. The SMILES string of the molecule is COc1cc2c(cc1OC)CC(=O)N(CC(=O)c1ccc(NC(=O)C(C)C)cc1)C=C2. The molecule has 1 N–H and O–H groups in total. The molecule has 2 aromatic rings. The van der Waals surface area contributed by atoms with Crippen LogP contribution in [-0.2, 0) is 16.0 Å². The van der Waals surface area contributed by atoms with E-state index in [0.29, 0.717) is 22.7 Å². The molecule has 2 amide bonds. The van der Waals surface area contributed by atoms with Gasteiger partial charge in [-0.3, -0.25) is 14.4 Å². The van der Waals surface area contributed by atoms with E-state index in [0.717, 1.165) is 11.1 Å². The van der Waals surface area contributed by atoms with Crippen molar-refractivity contribution >= 4 is 29.4 Å². The standard InChI is InChI=1S/C24H26N2O5/c1-15(2)24(29)25-19-7-5-16(6-8-19)20(27)14-26-10-9-17-11-21(30-3)22(31-4)12-18(17)13-23(26)28/h5-12,15H,13-14H2,1-4H3,(H,25,29). The van der Waals surface area contributed by atoms with E-state index in [-0.39, 0.29) is 36.5 Å². The number of anilines is 1. The van der Waals surface area contributed by atoms with E-state index in [1.165, 1.54) is 4.90 Å². The molecular weight excluding hydrogens is 396 g/mol. The molecule has 7 nitrogen and oxygen atoms in total. The minimum absolute atomic E-state index is 0.0741. The van der Waals surface area contributed by atoms with Crippen molar-refractivity contribution in [2.45, 2.75) is 20.3 Å². The number of ketones is 1. The van der Waals surface area contributed by atoms with Crippen LogP contribution in [-0.4, -0.2) is 43.3 Å². The third-order valence-corrected chi connectivity index (χ3v) is 5.05. The Bertz CT molecular complexity index is 1030. The Morgan fingerprint density at radius 3 is 2.32 bits per heavy atom. The second kappa shape index (κ2) is 9.47. The van der Waals surface area contributed by atoms with E-state index in [1.807, 2.05) is 19.9 Å². The third-order valence-electron chi connectivity index (χ3n) is 5.05. The van der Waals surface area contributed by atoms with E-state index in [9.17, 15) is 14.4 Å². The molecular formula is C24H26N2O5. The largest absolute Gasteiger partial charge is 0.493 e. The number of benzene rings is 2. The molecule has 1 aliphatic rings. The van der Waals surface area contributed by atoms with Crippen LogP contribution in [0.25, 0.3) is 6.08 Å². The van der Waals surface area contributed by atoms with Gasteiger partial charge in [0.25, 0.3) is 0 Å². The van der Waals surface area contributed by atoms with Gasteiger partial charge in [-0.25, -0.2) is 0 Å². The van der Waals surface area contributed by atoms with Crippen molar-refractivity contribution < 1.29 is 23.9 Å². The number of methoxy groups -OCH3 is 2. The zero-order valence-corrected chi connectivity index (χ0v) is 18.1. The maximum absolute atomic E-state index is 12.7. The molecule has 162 valence electrons. The number of hydrogen-bond acceptors (Lipinski definition) is 5. The van der Waals surface area contributed by atoms with Gasteiger partial charge in [0.15, 0.2) is 17.3 Å². The number of ether oxygens (including phenoxy) is 2. The van der Waals surface area contributed by atoms with Crippen LogP contribution in [0.5, 0.6) is 11.5 Å². The molecule has 31 heavy (non-hydrogen) atoms. The highest BCUT2D eigenvalue weighted by Crippen LogP contribution is 2.32. The zero-order chi connectivity index (χ0) is 22.5. The molecule has 0 atom stereocenters. The maximum atomic E-state index is 12.7. The number of carbonyl (C=O) groups is 3. The predicted octanol–water partition coefficient (Wildman–Crippen LogP) is 3.54. The molecule has 7 heteroatoms. The van der Waals surface area contributed by atoms with E-state index >= 15 is 0 Å². The van der Waals surface area contributed by atoms with Gasteiger partial charge in [-0.05, 0) is 53.6 Å². The summed E-state index contributed by atoms with van der Waals surface area (Å²) >= 11 is 0. The first-order chi connectivity index (χ1) is 14.8. The summed E-state index contributed by atoms with van der Waals surface area (Å²) in [6.45, 7) is 3.54. The molecule has 0 unspecified atom stereocenters. The van der Waals surface area contributed by atoms with Gasteiger partial charge in [0.1, 0.15) is 0 Å². The van der Waals surface area contributed by atoms with Gasteiger partial charge in [-0.1, -0.05) is 13.8 Å². The lowest BCUT2D eigenvalue weighted by atomic mass is 10.0. The minimum atomic E-state index is -0.194. The number of nitrogens with zero attached hydrogens (tertiary/aromatic N) is 1. The Balaban J connectivity index is 1.72. The summed E-state index contributed by atoms with van der Waals surface area (Å²) in [6, 6.07) is 10.3. The van der Waals surface area contributed by atoms with Gasteiger partial charge < -0.3 is 19.7 Å². The molecule has 1 heterocycles. The van der Waals surface area contributed by atoms with Crippen molar-refractivity contribution in [3.63, 3.8) is 0 Å². The van der Waals surface area contributed by atoms with Crippen molar-refractivity contribution in [2.75, 3.05) is 26.1 Å². The number of rotatable bonds is 7. The second-order valence-electron chi connectivity index (χ2n) is 7.56. The summed E-state index contributed by atoms with van der Waals surface area (Å²) in [5, 5.41) is 2.79. The predicted molar refractivity (Wildman–Crippen MR) is 118 cm³/mol. The molecule has 2 aromatic carbocycles. The monoisotopic (exact) mass is 422 g/mol. The van der Waals surface area contributed by atoms with Crippen LogP contribution in [0.1, 0.15) is 35.3 Å². The van der Waals surface area contributed by atoms with Crippen molar-refractivity contribution in [3.8, 4) is 11.5 Å². The Morgan fingerprint density at radius 1 is 1.06 bits per heavy atom. The first kappa shape index (κ1) is 22.1. The molecule has 0 aromatic heterocycles. The van der Waals surface area contributed by atoms with Crippen molar-refractivity contribution in [3.05, 3.63) is 59.3 Å². The summed E-state index contributed by atoms with van der Waals surface area (Å²) in [5.74, 6) is 0.528. The summed E-state index contributed by atoms with van der Waals surface area (Å²) in [6.07, 6.45) is 3.56. The lowest BCUT2D eigenvalue weighted by Gasteiger charge is -2.16. The normalized spacial score (nSPS) is 12.9. The first-order valence-corrected chi connectivity index (χ1v) is 9.99. The van der Waals surface area contributed by atoms with Gasteiger partial charge in [-0.15, -0.1) is 0 Å². The van der Waals surface area contributed by atoms with E-state index in [2.05, 4.69) is 5.32 Å². The highest BCUT2D eigenvalue weighted by molar-refractivity contribution is 6.01. The average molecular weight is 422 g/mol. The second-order valence-corrected chi connectivity index (χ2v) is 7.56. The van der Waals surface area contributed by atoms with E-state index < -0.39 is 0 Å². The molecule has 0 saturated carbocycles. The highest BCUT2D eigenvalue weighted by atomic mass is 16.5. The van der Waals surface area contributed by atoms with Crippen molar-refractivity contribution in [1.82, 2.24) is 4.90 Å². The Labute approximate surface area is 181 Å². The van der Waals surface area contributed by atoms with Crippen LogP contribution in [0.3, 0.4) is 0 Å². The first-order valence-electron chi connectivity index (χ1n) is 9.99. The fourth-order valence-electron chi connectivity index (χ4n) is 3.18. The van der Waals surface area contributed by atoms with Crippen LogP contribution >= 0.6 is 0 Å². The molecule has 0 aliphatic carbocycles. The lowest BCUT2D eigenvalue weighted by molar-refractivity contribution is -0.127. The molecule has 0 saturated heterocycles. The lowest BCUT2D eigenvalue weighted by Crippen LogP contribution is -2.31. The molecule has 0 radical (unpaired) electrons. The number of carbonyl (C=O) groups excluding carboxylic acids is 3. The van der Waals surface area contributed by atoms with Gasteiger partial charge >= 0.3 is 0 Å². The van der Waals surface area contributed by atoms with E-state index in [1.54, 1.807) is 56.8 Å². The fourth-order valence-corrected chi connectivity index (χ4v) is 3.18. The molecule has 0 fully saturated rings. The van der Waals surface area contributed by atoms with Crippen LogP contribution in [0, 0.1) is 5.92 Å². The van der Waals surface area contributed by atoms with Crippen LogP contribution in [0.2, 0.25) is 0 Å². The topological polar surface area (TPSA) is 84.9 Å². The Hall–Kier alpha value is -3.61. The number of nitrogens with one attached hydrogen (secondary N) is 1. The van der Waals surface area contributed by atoms with Crippen LogP contribution < -0.4 is 14.8 Å². The fraction of sp³-hybridized carbons (Fsp3) is 0.292. The molecule has 1 aliphatic heterocycles. The summed E-state index contributed by atoms with van der Waals surface area (Å²) in [5.41, 5.74) is 2.73. The highest BCUT2D eigenvalue weighted by Gasteiger charge is 2.22. The smallest absolute Gasteiger partial charge is 0.231 e. The maximum Gasteiger partial charge on any atom is 0.231 e. The van der Waals surface area contributed by atoms with Gasteiger partial charge in [0, 0.05) is 23.4 Å². The number of Topliss-reactive ketones (excluding diaryl/α,β-unsaturated/α-hetero) is 1. The molecule has 0 spiro atoms. The molecule has 0 bridgehead atoms. The zero-order valence-electron chi connectivity index (χ0n) is 18.1. The number of amides is 2. The quantitative estimate of drug-likeness (QED) is 0.690. The van der Waals surface area contributed by atoms with Gasteiger partial charge in [0.2, 0.25) is 11.8 Å². The van der Waals surface area contributed by atoms with E-state index in [4.69, 9.17) is 9.47 Å². The van der Waals surface area contributed by atoms with Crippen LogP contribution in [0.4, 0.5) is 5.69 Å². The third kappa shape index (κ3) is 5.12. The average Bonchev–Trinajstić information content (AvgIpc) is 2.91. The van der Waals surface area contributed by atoms with Gasteiger partial charge in [-0.2, -0.15) is 0 Å². The Morgan fingerprint density at radius 2 is 1.71 bits per heavy atom. The van der Waals surface area contributed by atoms with Gasteiger partial charge in [0.05, 0.1) is 27.2 Å². The van der Waals surface area contributed by atoms with Crippen LogP contribution in [0.15, 0.2) is 42.6 Å². The summed E-state index contributed by atoms with van der Waals surface area (Å²) in [7, 11) is 3.10. The summed E-state index contributed by atoms with van der Waals surface area (Å²) < 4.78 is 10.6. The minimum Gasteiger partial charge on any atom is -0.493 e. The van der Waals surface area contributed by atoms with Crippen molar-refractivity contribution in [2.24, 2.45) is 5.92 Å².